The molecule has 13 heteroatoms. The fourth-order valence-electron chi connectivity index (χ4n) is 2.21. The molecule has 0 radical (unpaired) electrons. The lowest BCUT2D eigenvalue weighted by molar-refractivity contribution is -0.129. The maximum Gasteiger partial charge on any atom is 0.352 e. The summed E-state index contributed by atoms with van der Waals surface area (Å²) in [6.45, 7) is -1.47. The van der Waals surface area contributed by atoms with Crippen molar-refractivity contribution < 1.29 is 35.4 Å². The van der Waals surface area contributed by atoms with E-state index in [9.17, 15) is 30.0 Å². The van der Waals surface area contributed by atoms with Crippen molar-refractivity contribution in [1.29, 1.82) is 0 Å². The minimum absolute atomic E-state index is 0.316. The van der Waals surface area contributed by atoms with E-state index in [0.717, 1.165) is 4.90 Å². The van der Waals surface area contributed by atoms with Gasteiger partial charge < -0.3 is 41.3 Å². The SMILES string of the molecule is Nc1nc2c(c(=O)[nH]1)N=C(C(=O)O)CN2[C@H](O)[C@H](O)[C@H](O)[C@H](O)CO. The molecule has 0 saturated carbocycles. The topological polar surface area (TPSA) is 226 Å². The minimum atomic E-state index is -2.04. The third-order valence-electron chi connectivity index (χ3n) is 3.54. The van der Waals surface area contributed by atoms with Gasteiger partial charge in [-0.15, -0.1) is 0 Å². The summed E-state index contributed by atoms with van der Waals surface area (Å²) < 4.78 is 0. The molecule has 0 bridgehead atoms. The summed E-state index contributed by atoms with van der Waals surface area (Å²) >= 11 is 0. The Labute approximate surface area is 139 Å². The number of aromatic amines is 1. The lowest BCUT2D eigenvalue weighted by Gasteiger charge is -2.36. The molecule has 0 fully saturated rings. The van der Waals surface area contributed by atoms with Crippen molar-refractivity contribution in [3.63, 3.8) is 0 Å². The Hall–Kier alpha value is -2.58. The van der Waals surface area contributed by atoms with Crippen molar-refractivity contribution >= 4 is 29.1 Å². The van der Waals surface area contributed by atoms with Crippen molar-refractivity contribution in [2.75, 3.05) is 23.8 Å². The van der Waals surface area contributed by atoms with Gasteiger partial charge in [0.25, 0.3) is 5.56 Å². The number of aromatic nitrogens is 2. The van der Waals surface area contributed by atoms with Crippen LogP contribution in [0.5, 0.6) is 0 Å². The van der Waals surface area contributed by atoms with Gasteiger partial charge in [-0.05, 0) is 0 Å². The number of carboxylic acid groups (broad SMARTS) is 1. The van der Waals surface area contributed by atoms with Crippen molar-refractivity contribution in [3.05, 3.63) is 10.4 Å². The monoisotopic (exact) mass is 359 g/mol. The molecule has 9 N–H and O–H groups in total. The van der Waals surface area contributed by atoms with E-state index in [0.29, 0.717) is 0 Å². The maximum atomic E-state index is 11.9. The number of carboxylic acids is 1. The molecule has 0 amide bonds. The summed E-state index contributed by atoms with van der Waals surface area (Å²) in [6.07, 6.45) is -7.76. The number of aliphatic imine (C=N–C) groups is 1. The molecule has 0 spiro atoms. The number of nitrogens with two attached hydrogens (primary N) is 1. The summed E-state index contributed by atoms with van der Waals surface area (Å²) in [5.41, 5.74) is 3.56. The zero-order valence-corrected chi connectivity index (χ0v) is 12.6. The lowest BCUT2D eigenvalue weighted by atomic mass is 10.1. The number of carbonyl (C=O) groups is 1. The highest BCUT2D eigenvalue weighted by molar-refractivity contribution is 6.38. The molecule has 1 aliphatic rings. The highest BCUT2D eigenvalue weighted by atomic mass is 16.4. The molecule has 1 aromatic heterocycles. The quantitative estimate of drug-likeness (QED) is 0.242. The Morgan fingerprint density at radius 2 is 1.92 bits per heavy atom. The molecule has 0 unspecified atom stereocenters. The summed E-state index contributed by atoms with van der Waals surface area (Å²) in [5.74, 6) is -2.15. The smallest absolute Gasteiger partial charge is 0.352 e. The Morgan fingerprint density at radius 1 is 1.28 bits per heavy atom. The number of aliphatic carboxylic acids is 1. The number of fused-ring (bicyclic) bond motifs is 1. The molecule has 138 valence electrons. The van der Waals surface area contributed by atoms with Gasteiger partial charge in [0, 0.05) is 0 Å². The standard InChI is InChI=1S/C12H17N5O8/c13-12-15-8-5(9(22)16-12)14-3(11(24)25)1-17(8)10(23)7(21)6(20)4(19)2-18/h4,6-7,10,18-21,23H,1-2H2,(H,24,25)(H3,13,15,16,22)/t4-,6-,7-,10-/m1/s1. The van der Waals surface area contributed by atoms with E-state index in [-0.39, 0.29) is 11.8 Å². The largest absolute Gasteiger partial charge is 0.477 e. The molecule has 25 heavy (non-hydrogen) atoms. The van der Waals surface area contributed by atoms with E-state index in [1.54, 1.807) is 0 Å². The number of aliphatic hydroxyl groups is 5. The number of anilines is 2. The van der Waals surface area contributed by atoms with Crippen molar-refractivity contribution in [1.82, 2.24) is 9.97 Å². The number of hydrogen-bond acceptors (Lipinski definition) is 11. The van der Waals surface area contributed by atoms with Gasteiger partial charge in [-0.25, -0.2) is 9.79 Å². The van der Waals surface area contributed by atoms with Crippen LogP contribution in [0.25, 0.3) is 0 Å². The number of H-pyrrole nitrogens is 1. The molecule has 0 aliphatic carbocycles. The van der Waals surface area contributed by atoms with Gasteiger partial charge in [-0.1, -0.05) is 0 Å². The summed E-state index contributed by atoms with van der Waals surface area (Å²) in [6, 6.07) is 0. The summed E-state index contributed by atoms with van der Waals surface area (Å²) in [5, 5.41) is 57.2. The molecule has 4 atom stereocenters. The molecule has 0 saturated heterocycles. The first-order valence-electron chi connectivity index (χ1n) is 6.97. The first kappa shape index (κ1) is 18.8. The Balaban J connectivity index is 2.46. The Bertz CT molecular complexity index is 750. The van der Waals surface area contributed by atoms with Crippen LogP contribution in [-0.4, -0.2) is 90.0 Å². The zero-order chi connectivity index (χ0) is 18.9. The fourth-order valence-corrected chi connectivity index (χ4v) is 2.21. The number of aliphatic hydroxyl groups excluding tert-OH is 5. The third kappa shape index (κ3) is 3.59. The van der Waals surface area contributed by atoms with Crippen LogP contribution >= 0.6 is 0 Å². The predicted octanol–water partition coefficient (Wildman–Crippen LogP) is -4.28. The number of nitrogen functional groups attached to an aromatic ring is 1. The van der Waals surface area contributed by atoms with Crippen LogP contribution in [0.4, 0.5) is 17.5 Å². The van der Waals surface area contributed by atoms with Crippen LogP contribution in [0.3, 0.4) is 0 Å². The van der Waals surface area contributed by atoms with Gasteiger partial charge in [0.05, 0.1) is 13.2 Å². The van der Waals surface area contributed by atoms with E-state index < -0.39 is 60.6 Å². The molecular weight excluding hydrogens is 342 g/mol. The molecule has 0 aromatic carbocycles. The van der Waals surface area contributed by atoms with Gasteiger partial charge >= 0.3 is 5.97 Å². The van der Waals surface area contributed by atoms with E-state index in [1.165, 1.54) is 0 Å². The highest BCUT2D eigenvalue weighted by Crippen LogP contribution is 2.29. The van der Waals surface area contributed by atoms with Gasteiger partial charge in [0.15, 0.2) is 17.7 Å². The van der Waals surface area contributed by atoms with Gasteiger partial charge in [0.2, 0.25) is 5.95 Å². The van der Waals surface area contributed by atoms with Crippen molar-refractivity contribution in [2.45, 2.75) is 24.5 Å². The van der Waals surface area contributed by atoms with Gasteiger partial charge in [0.1, 0.15) is 24.0 Å². The number of nitrogens with zero attached hydrogens (tertiary/aromatic N) is 3. The Morgan fingerprint density at radius 3 is 2.48 bits per heavy atom. The molecule has 1 aromatic rings. The average Bonchev–Trinajstić information content (AvgIpc) is 2.58. The molecular formula is C12H17N5O8. The predicted molar refractivity (Wildman–Crippen MR) is 82.5 cm³/mol. The molecule has 2 rings (SSSR count). The number of rotatable bonds is 6. The van der Waals surface area contributed by atoms with Crippen LogP contribution in [0.1, 0.15) is 0 Å². The molecule has 13 nitrogen and oxygen atoms in total. The van der Waals surface area contributed by atoms with Crippen LogP contribution in [0, 0.1) is 0 Å². The van der Waals surface area contributed by atoms with E-state index in [1.807, 2.05) is 0 Å². The van der Waals surface area contributed by atoms with Crippen LogP contribution in [0.2, 0.25) is 0 Å². The number of nitrogens with one attached hydrogen (secondary N) is 1. The van der Waals surface area contributed by atoms with Crippen LogP contribution in [0.15, 0.2) is 9.79 Å². The highest BCUT2D eigenvalue weighted by Gasteiger charge is 2.38. The Kier molecular flexibility index (Phi) is 5.34. The molecule has 2 heterocycles. The summed E-state index contributed by atoms with van der Waals surface area (Å²) in [7, 11) is 0. The zero-order valence-electron chi connectivity index (χ0n) is 12.6. The second-order valence-corrected chi connectivity index (χ2v) is 5.26. The minimum Gasteiger partial charge on any atom is -0.477 e. The second kappa shape index (κ2) is 7.12. The van der Waals surface area contributed by atoms with Crippen molar-refractivity contribution in [2.24, 2.45) is 4.99 Å². The first-order valence-corrected chi connectivity index (χ1v) is 6.97. The van der Waals surface area contributed by atoms with Crippen LogP contribution < -0.4 is 16.2 Å². The van der Waals surface area contributed by atoms with E-state index >= 15 is 0 Å². The number of hydrogen-bond donors (Lipinski definition) is 8. The normalized spacial score (nSPS) is 18.8. The lowest BCUT2D eigenvalue weighted by Crippen LogP contribution is -2.55. The van der Waals surface area contributed by atoms with Gasteiger partial charge in [-0.3, -0.25) is 9.78 Å². The van der Waals surface area contributed by atoms with E-state index in [2.05, 4.69) is 15.0 Å². The maximum absolute atomic E-state index is 11.9. The first-order chi connectivity index (χ1) is 11.7. The third-order valence-corrected chi connectivity index (χ3v) is 3.54. The fraction of sp³-hybridized carbons (Fsp3) is 0.500. The van der Waals surface area contributed by atoms with Gasteiger partial charge in [-0.2, -0.15) is 4.98 Å². The van der Waals surface area contributed by atoms with Crippen LogP contribution in [-0.2, 0) is 4.79 Å². The van der Waals surface area contributed by atoms with E-state index in [4.69, 9.17) is 15.9 Å². The average molecular weight is 359 g/mol. The molecule has 1 aliphatic heterocycles. The van der Waals surface area contributed by atoms with Crippen molar-refractivity contribution in [3.8, 4) is 0 Å². The summed E-state index contributed by atoms with van der Waals surface area (Å²) in [4.78, 5) is 33.4. The second-order valence-electron chi connectivity index (χ2n) is 5.26.